The van der Waals surface area contributed by atoms with E-state index in [4.69, 9.17) is 10.7 Å². The minimum Gasteiger partial charge on any atom is -0.382 e. The lowest BCUT2D eigenvalue weighted by atomic mass is 9.96. The smallest absolute Gasteiger partial charge is 0.223 e. The van der Waals surface area contributed by atoms with Crippen LogP contribution in [-0.4, -0.2) is 31.4 Å². The number of amides is 1. The number of unbranched alkanes of at least 4 members (excludes halogenated alkanes) is 11. The van der Waals surface area contributed by atoms with E-state index in [1.165, 1.54) is 88.2 Å². The van der Waals surface area contributed by atoms with Gasteiger partial charge in [-0.05, 0) is 49.8 Å². The quantitative estimate of drug-likeness (QED) is 0.0747. The van der Waals surface area contributed by atoms with E-state index < -0.39 is 0 Å². The number of benzene rings is 2. The van der Waals surface area contributed by atoms with Gasteiger partial charge in [0.25, 0.3) is 0 Å². The molecule has 2 aromatic heterocycles. The highest BCUT2D eigenvalue weighted by atomic mass is 16.2. The van der Waals surface area contributed by atoms with Crippen molar-refractivity contribution in [3.63, 3.8) is 0 Å². The molecule has 0 radical (unpaired) electrons. The highest BCUT2D eigenvalue weighted by Gasteiger charge is 2.19. The topological polar surface area (TPSA) is 77.0 Å². The number of anilines is 1. The molecule has 4 aromatic rings. The van der Waals surface area contributed by atoms with Crippen LogP contribution >= 0.6 is 0 Å². The Morgan fingerprint density at radius 1 is 0.740 bits per heavy atom. The SMILES string of the molecule is CCCCCCCC(C)CCCCCCCCCC(=O)N(Cc1ccc(Cn2c(CCCC)nc3c(N)nc4ccccc4c32)cc1)C(C)C. The fraction of sp³-hybridized carbons (Fsp3) is 0.614. The second kappa shape index (κ2) is 21.1. The molecule has 1 amide bonds. The van der Waals surface area contributed by atoms with Gasteiger partial charge in [-0.25, -0.2) is 9.97 Å². The van der Waals surface area contributed by atoms with Crippen LogP contribution in [0.25, 0.3) is 21.9 Å². The van der Waals surface area contributed by atoms with Crippen LogP contribution in [0.5, 0.6) is 0 Å². The van der Waals surface area contributed by atoms with Crippen LogP contribution < -0.4 is 5.73 Å². The zero-order valence-corrected chi connectivity index (χ0v) is 32.2. The van der Waals surface area contributed by atoms with Gasteiger partial charge in [-0.2, -0.15) is 0 Å². The number of pyridine rings is 1. The van der Waals surface area contributed by atoms with E-state index >= 15 is 0 Å². The molecule has 2 heterocycles. The van der Waals surface area contributed by atoms with Gasteiger partial charge < -0.3 is 15.2 Å². The first-order valence-corrected chi connectivity index (χ1v) is 20.2. The van der Waals surface area contributed by atoms with E-state index in [1.54, 1.807) is 0 Å². The third-order valence-corrected chi connectivity index (χ3v) is 10.5. The average Bonchev–Trinajstić information content (AvgIpc) is 3.47. The third kappa shape index (κ3) is 11.8. The number of aryl methyl sites for hydroxylation is 1. The summed E-state index contributed by atoms with van der Waals surface area (Å²) in [5, 5.41) is 1.08. The molecule has 0 saturated heterocycles. The molecule has 0 aliphatic carbocycles. The monoisotopic (exact) mass is 682 g/mol. The number of para-hydroxylation sites is 1. The number of imidazole rings is 1. The van der Waals surface area contributed by atoms with Crippen molar-refractivity contribution in [3.05, 3.63) is 65.5 Å². The second-order valence-electron chi connectivity index (χ2n) is 15.2. The summed E-state index contributed by atoms with van der Waals surface area (Å²) in [6, 6.07) is 17.1. The van der Waals surface area contributed by atoms with E-state index in [0.29, 0.717) is 25.3 Å². The average molecular weight is 682 g/mol. The lowest BCUT2D eigenvalue weighted by Crippen LogP contribution is -2.36. The molecule has 0 aliphatic heterocycles. The van der Waals surface area contributed by atoms with Crippen LogP contribution in [0.1, 0.15) is 161 Å². The van der Waals surface area contributed by atoms with E-state index in [2.05, 4.69) is 80.6 Å². The fourth-order valence-corrected chi connectivity index (χ4v) is 7.33. The molecule has 6 nitrogen and oxygen atoms in total. The minimum absolute atomic E-state index is 0.173. The van der Waals surface area contributed by atoms with Crippen molar-refractivity contribution in [1.82, 2.24) is 19.4 Å². The minimum atomic E-state index is 0.173. The Morgan fingerprint density at radius 3 is 2.00 bits per heavy atom. The van der Waals surface area contributed by atoms with Crippen LogP contribution in [0.2, 0.25) is 0 Å². The summed E-state index contributed by atoms with van der Waals surface area (Å²) >= 11 is 0. The van der Waals surface area contributed by atoms with Gasteiger partial charge in [0.2, 0.25) is 5.91 Å². The van der Waals surface area contributed by atoms with Crippen LogP contribution in [0, 0.1) is 5.92 Å². The predicted octanol–water partition coefficient (Wildman–Crippen LogP) is 11.8. The van der Waals surface area contributed by atoms with Crippen molar-refractivity contribution in [3.8, 4) is 0 Å². The summed E-state index contributed by atoms with van der Waals surface area (Å²) in [5.41, 5.74) is 11.5. The summed E-state index contributed by atoms with van der Waals surface area (Å²) in [7, 11) is 0. The van der Waals surface area contributed by atoms with Gasteiger partial charge in [0.15, 0.2) is 5.82 Å². The number of rotatable bonds is 24. The van der Waals surface area contributed by atoms with Gasteiger partial charge >= 0.3 is 0 Å². The molecule has 2 aromatic carbocycles. The number of fused-ring (bicyclic) bond motifs is 3. The molecule has 0 spiro atoms. The summed E-state index contributed by atoms with van der Waals surface area (Å²) in [4.78, 5) is 25.0. The molecule has 274 valence electrons. The Bertz CT molecular complexity index is 1570. The Hall–Kier alpha value is -3.41. The first-order valence-electron chi connectivity index (χ1n) is 20.2. The molecule has 6 heteroatoms. The Morgan fingerprint density at radius 2 is 1.34 bits per heavy atom. The summed E-state index contributed by atoms with van der Waals surface area (Å²) in [6.07, 6.45) is 22.3. The number of nitrogen functional groups attached to an aromatic ring is 1. The normalized spacial score (nSPS) is 12.4. The molecule has 2 N–H and O–H groups in total. The molecule has 1 atom stereocenters. The largest absolute Gasteiger partial charge is 0.382 e. The Balaban J connectivity index is 1.23. The van der Waals surface area contributed by atoms with E-state index in [-0.39, 0.29) is 11.9 Å². The van der Waals surface area contributed by atoms with Gasteiger partial charge in [-0.3, -0.25) is 4.79 Å². The molecule has 0 fully saturated rings. The maximum atomic E-state index is 13.3. The summed E-state index contributed by atoms with van der Waals surface area (Å²) < 4.78 is 2.34. The number of carbonyl (C=O) groups is 1. The highest BCUT2D eigenvalue weighted by Crippen LogP contribution is 2.30. The molecular formula is C44H67N5O. The standard InChI is InChI=1S/C44H67N5O/c1-6-8-10-14-17-22-35(5)23-18-15-12-11-13-16-19-27-41(50)48(34(3)4)32-36-28-30-37(31-29-36)33-49-40(26-9-7-2)47-42-43(49)38-24-20-21-25-39(38)46-44(42)45/h20-21,24-25,28-31,34-35H,6-19,22-23,26-27,32-33H2,1-5H3,(H2,45,46). The Labute approximate surface area is 303 Å². The summed E-state index contributed by atoms with van der Waals surface area (Å²) in [6.45, 7) is 12.6. The van der Waals surface area contributed by atoms with Crippen molar-refractivity contribution < 1.29 is 4.79 Å². The van der Waals surface area contributed by atoms with Gasteiger partial charge in [-0.1, -0.05) is 153 Å². The van der Waals surface area contributed by atoms with Crippen molar-refractivity contribution in [2.45, 2.75) is 169 Å². The molecule has 1 unspecified atom stereocenters. The number of aromatic nitrogens is 3. The van der Waals surface area contributed by atoms with Crippen LogP contribution in [-0.2, 0) is 24.3 Å². The maximum absolute atomic E-state index is 13.3. The van der Waals surface area contributed by atoms with Gasteiger partial charge in [0.1, 0.15) is 11.3 Å². The highest BCUT2D eigenvalue weighted by molar-refractivity contribution is 6.06. The number of hydrogen-bond donors (Lipinski definition) is 1. The lowest BCUT2D eigenvalue weighted by Gasteiger charge is -2.27. The molecular weight excluding hydrogens is 615 g/mol. The van der Waals surface area contributed by atoms with Crippen LogP contribution in [0.3, 0.4) is 0 Å². The van der Waals surface area contributed by atoms with Crippen molar-refractivity contribution in [2.75, 3.05) is 5.73 Å². The first-order chi connectivity index (χ1) is 24.3. The van der Waals surface area contributed by atoms with Crippen molar-refractivity contribution in [1.29, 1.82) is 0 Å². The predicted molar refractivity (Wildman–Crippen MR) is 213 cm³/mol. The van der Waals surface area contributed by atoms with Crippen LogP contribution in [0.15, 0.2) is 48.5 Å². The summed E-state index contributed by atoms with van der Waals surface area (Å²) in [5.74, 6) is 2.70. The number of carbonyl (C=O) groups excluding carboxylic acids is 1. The second-order valence-corrected chi connectivity index (χ2v) is 15.2. The van der Waals surface area contributed by atoms with E-state index in [0.717, 1.165) is 65.8 Å². The molecule has 0 saturated carbocycles. The fourth-order valence-electron chi connectivity index (χ4n) is 7.33. The van der Waals surface area contributed by atoms with Crippen LogP contribution in [0.4, 0.5) is 5.82 Å². The lowest BCUT2D eigenvalue weighted by molar-refractivity contribution is -0.133. The van der Waals surface area contributed by atoms with Crippen molar-refractivity contribution in [2.24, 2.45) is 5.92 Å². The zero-order chi connectivity index (χ0) is 35.7. The van der Waals surface area contributed by atoms with Crippen molar-refractivity contribution >= 4 is 33.7 Å². The zero-order valence-electron chi connectivity index (χ0n) is 32.2. The van der Waals surface area contributed by atoms with Gasteiger partial charge in [-0.15, -0.1) is 0 Å². The Kier molecular flexibility index (Phi) is 16.6. The van der Waals surface area contributed by atoms with Gasteiger partial charge in [0, 0.05) is 37.4 Å². The third-order valence-electron chi connectivity index (χ3n) is 10.5. The van der Waals surface area contributed by atoms with E-state index in [9.17, 15) is 4.79 Å². The first kappa shape index (κ1) is 39.4. The molecule has 0 bridgehead atoms. The number of nitrogens with two attached hydrogens (primary N) is 1. The van der Waals surface area contributed by atoms with E-state index in [1.807, 2.05) is 17.0 Å². The molecule has 0 aliphatic rings. The molecule has 50 heavy (non-hydrogen) atoms. The molecule has 4 rings (SSSR count). The maximum Gasteiger partial charge on any atom is 0.223 e. The number of hydrogen-bond acceptors (Lipinski definition) is 4. The number of nitrogens with zero attached hydrogens (tertiary/aromatic N) is 4. The van der Waals surface area contributed by atoms with Gasteiger partial charge in [0.05, 0.1) is 11.0 Å².